The maximum Gasteiger partial charge on any atom is 0.229 e. The standard InChI is InChI=1S/C20H21N9/c1-27-11-15(10-24-27)25-20-23-7-5-18(26-20)28-12-16-2-3-17(13-28)29(16)19-8-14(9-21)4-6-22-19/h4-8,10-11,16-17H,2-3,12-13H2,1H3,(H,23,25,26). The molecule has 0 amide bonds. The van der Waals surface area contributed by atoms with E-state index in [4.69, 9.17) is 4.98 Å². The second-order valence-corrected chi connectivity index (χ2v) is 7.48. The van der Waals surface area contributed by atoms with E-state index in [1.165, 1.54) is 0 Å². The van der Waals surface area contributed by atoms with Crippen LogP contribution in [0.15, 0.2) is 43.0 Å². The number of rotatable bonds is 4. The van der Waals surface area contributed by atoms with Gasteiger partial charge in [0.15, 0.2) is 0 Å². The van der Waals surface area contributed by atoms with Gasteiger partial charge in [-0.1, -0.05) is 0 Å². The summed E-state index contributed by atoms with van der Waals surface area (Å²) in [5, 5.41) is 16.6. The molecule has 9 heteroatoms. The topological polar surface area (TPSA) is 98.8 Å². The van der Waals surface area contributed by atoms with E-state index in [2.05, 4.69) is 36.3 Å². The molecule has 3 aromatic heterocycles. The Kier molecular flexibility index (Phi) is 4.24. The van der Waals surface area contributed by atoms with Crippen LogP contribution in [0.25, 0.3) is 0 Å². The molecule has 0 radical (unpaired) electrons. The average Bonchev–Trinajstić information content (AvgIpc) is 3.27. The van der Waals surface area contributed by atoms with Crippen molar-refractivity contribution in [2.75, 3.05) is 28.2 Å². The Morgan fingerprint density at radius 1 is 1.10 bits per heavy atom. The van der Waals surface area contributed by atoms with E-state index in [1.807, 2.05) is 25.4 Å². The van der Waals surface area contributed by atoms with Crippen LogP contribution in [0.3, 0.4) is 0 Å². The second kappa shape index (κ2) is 7.05. The fourth-order valence-corrected chi connectivity index (χ4v) is 4.29. The first-order valence-electron chi connectivity index (χ1n) is 9.68. The molecule has 2 bridgehead atoms. The molecule has 5 rings (SSSR count). The molecule has 29 heavy (non-hydrogen) atoms. The van der Waals surface area contributed by atoms with Gasteiger partial charge in [-0.15, -0.1) is 0 Å². The molecule has 2 aliphatic heterocycles. The van der Waals surface area contributed by atoms with Gasteiger partial charge in [0.25, 0.3) is 0 Å². The number of hydrogen-bond donors (Lipinski definition) is 1. The Balaban J connectivity index is 1.34. The Bertz CT molecular complexity index is 1060. The van der Waals surface area contributed by atoms with Gasteiger partial charge in [0.2, 0.25) is 5.95 Å². The molecule has 5 heterocycles. The quantitative estimate of drug-likeness (QED) is 0.726. The molecule has 2 aliphatic rings. The van der Waals surface area contributed by atoms with Crippen LogP contribution in [-0.4, -0.2) is 49.9 Å². The molecule has 0 aromatic carbocycles. The minimum Gasteiger partial charge on any atom is -0.352 e. The molecule has 9 nitrogen and oxygen atoms in total. The van der Waals surface area contributed by atoms with Crippen LogP contribution >= 0.6 is 0 Å². The Labute approximate surface area is 168 Å². The summed E-state index contributed by atoms with van der Waals surface area (Å²) in [6.07, 6.45) is 9.37. The van der Waals surface area contributed by atoms with E-state index in [9.17, 15) is 5.26 Å². The normalized spacial score (nSPS) is 20.6. The zero-order valence-electron chi connectivity index (χ0n) is 16.1. The predicted octanol–water partition coefficient (Wildman–Crippen LogP) is 2.08. The average molecular weight is 387 g/mol. The van der Waals surface area contributed by atoms with Gasteiger partial charge in [0, 0.05) is 50.8 Å². The summed E-state index contributed by atoms with van der Waals surface area (Å²) in [5.41, 5.74) is 1.51. The molecular weight excluding hydrogens is 366 g/mol. The molecular formula is C20H21N9. The van der Waals surface area contributed by atoms with Crippen molar-refractivity contribution in [3.8, 4) is 6.07 Å². The molecule has 1 N–H and O–H groups in total. The lowest BCUT2D eigenvalue weighted by Gasteiger charge is -2.42. The Morgan fingerprint density at radius 3 is 2.62 bits per heavy atom. The van der Waals surface area contributed by atoms with Gasteiger partial charge >= 0.3 is 0 Å². The first-order chi connectivity index (χ1) is 14.2. The minimum absolute atomic E-state index is 0.361. The van der Waals surface area contributed by atoms with E-state index < -0.39 is 0 Å². The summed E-state index contributed by atoms with van der Waals surface area (Å²) in [6.45, 7) is 1.75. The van der Waals surface area contributed by atoms with E-state index in [1.54, 1.807) is 29.3 Å². The van der Waals surface area contributed by atoms with Gasteiger partial charge in [0.1, 0.15) is 11.6 Å². The largest absolute Gasteiger partial charge is 0.352 e. The second-order valence-electron chi connectivity index (χ2n) is 7.48. The van der Waals surface area contributed by atoms with Gasteiger partial charge in [0.05, 0.1) is 23.5 Å². The van der Waals surface area contributed by atoms with Crippen LogP contribution in [-0.2, 0) is 7.05 Å². The third-order valence-corrected chi connectivity index (χ3v) is 5.55. The van der Waals surface area contributed by atoms with Crippen LogP contribution in [0, 0.1) is 11.3 Å². The highest BCUT2D eigenvalue weighted by atomic mass is 15.4. The molecule has 2 fully saturated rings. The van der Waals surface area contributed by atoms with Crippen molar-refractivity contribution in [2.45, 2.75) is 24.9 Å². The third kappa shape index (κ3) is 3.33. The fraction of sp³-hybridized carbons (Fsp3) is 0.350. The summed E-state index contributed by atoms with van der Waals surface area (Å²) in [4.78, 5) is 18.3. The lowest BCUT2D eigenvalue weighted by Crippen LogP contribution is -2.54. The highest BCUT2D eigenvalue weighted by molar-refractivity contribution is 5.55. The zero-order chi connectivity index (χ0) is 19.8. The van der Waals surface area contributed by atoms with E-state index in [0.29, 0.717) is 23.6 Å². The monoisotopic (exact) mass is 387 g/mol. The number of aryl methyl sites for hydroxylation is 1. The highest BCUT2D eigenvalue weighted by Gasteiger charge is 2.41. The van der Waals surface area contributed by atoms with E-state index in [-0.39, 0.29) is 0 Å². The number of piperazine rings is 1. The Hall–Kier alpha value is -3.67. The predicted molar refractivity (Wildman–Crippen MR) is 109 cm³/mol. The number of aromatic nitrogens is 5. The maximum atomic E-state index is 9.20. The van der Waals surface area contributed by atoms with Gasteiger partial charge in [-0.2, -0.15) is 15.3 Å². The van der Waals surface area contributed by atoms with Crippen molar-refractivity contribution in [1.82, 2.24) is 24.7 Å². The first kappa shape index (κ1) is 17.4. The molecule has 0 spiro atoms. The number of nitrogens with one attached hydrogen (secondary N) is 1. The van der Waals surface area contributed by atoms with Crippen molar-refractivity contribution >= 4 is 23.3 Å². The van der Waals surface area contributed by atoms with Gasteiger partial charge in [-0.3, -0.25) is 4.68 Å². The summed E-state index contributed by atoms with van der Waals surface area (Å²) < 4.78 is 1.73. The minimum atomic E-state index is 0.361. The van der Waals surface area contributed by atoms with Gasteiger partial charge in [-0.25, -0.2) is 9.97 Å². The van der Waals surface area contributed by atoms with Crippen molar-refractivity contribution in [2.24, 2.45) is 7.05 Å². The Morgan fingerprint density at radius 2 is 1.90 bits per heavy atom. The molecule has 2 saturated heterocycles. The van der Waals surface area contributed by atoms with Crippen LogP contribution in [0.5, 0.6) is 0 Å². The summed E-state index contributed by atoms with van der Waals surface area (Å²) in [6, 6.07) is 8.53. The lowest BCUT2D eigenvalue weighted by atomic mass is 10.1. The van der Waals surface area contributed by atoms with Crippen LogP contribution < -0.4 is 15.1 Å². The lowest BCUT2D eigenvalue weighted by molar-refractivity contribution is 0.527. The van der Waals surface area contributed by atoms with Crippen molar-refractivity contribution in [1.29, 1.82) is 5.26 Å². The van der Waals surface area contributed by atoms with Crippen molar-refractivity contribution in [3.05, 3.63) is 48.5 Å². The summed E-state index contributed by atoms with van der Waals surface area (Å²) in [7, 11) is 1.87. The molecule has 0 saturated carbocycles. The zero-order valence-corrected chi connectivity index (χ0v) is 16.1. The molecule has 2 atom stereocenters. The van der Waals surface area contributed by atoms with E-state index in [0.717, 1.165) is 43.3 Å². The number of anilines is 4. The third-order valence-electron chi connectivity index (χ3n) is 5.55. The molecule has 146 valence electrons. The highest BCUT2D eigenvalue weighted by Crippen LogP contribution is 2.35. The molecule has 3 aromatic rings. The van der Waals surface area contributed by atoms with Crippen molar-refractivity contribution in [3.63, 3.8) is 0 Å². The smallest absolute Gasteiger partial charge is 0.229 e. The SMILES string of the molecule is Cn1cc(Nc2nccc(N3CC4CCC(C3)N4c3cc(C#N)ccn3)n2)cn1. The summed E-state index contributed by atoms with van der Waals surface area (Å²) in [5.74, 6) is 2.38. The first-order valence-corrected chi connectivity index (χ1v) is 9.68. The van der Waals surface area contributed by atoms with Crippen LogP contribution in [0.1, 0.15) is 18.4 Å². The number of nitriles is 1. The van der Waals surface area contributed by atoms with Crippen LogP contribution in [0.2, 0.25) is 0 Å². The number of pyridine rings is 1. The van der Waals surface area contributed by atoms with Gasteiger partial charge < -0.3 is 15.1 Å². The summed E-state index contributed by atoms with van der Waals surface area (Å²) >= 11 is 0. The van der Waals surface area contributed by atoms with Crippen LogP contribution in [0.4, 0.5) is 23.3 Å². The van der Waals surface area contributed by atoms with Gasteiger partial charge in [-0.05, 0) is 31.0 Å². The molecule has 2 unspecified atom stereocenters. The number of fused-ring (bicyclic) bond motifs is 2. The fourth-order valence-electron chi connectivity index (χ4n) is 4.29. The van der Waals surface area contributed by atoms with Crippen molar-refractivity contribution < 1.29 is 0 Å². The number of nitrogens with zero attached hydrogens (tertiary/aromatic N) is 8. The molecule has 0 aliphatic carbocycles. The number of hydrogen-bond acceptors (Lipinski definition) is 8. The van der Waals surface area contributed by atoms with E-state index >= 15 is 0 Å². The maximum absolute atomic E-state index is 9.20.